The molecule has 3 rings (SSSR count). The van der Waals surface area contributed by atoms with E-state index < -0.39 is 41.0 Å². The van der Waals surface area contributed by atoms with Crippen LogP contribution in [0, 0.1) is 11.3 Å². The fourth-order valence-electron chi connectivity index (χ4n) is 4.83. The second-order valence-corrected chi connectivity index (χ2v) is 10.5. The van der Waals surface area contributed by atoms with Gasteiger partial charge in [-0.1, -0.05) is 20.8 Å². The molecule has 3 heterocycles. The lowest BCUT2D eigenvalue weighted by molar-refractivity contribution is -0.142. The molecule has 3 fully saturated rings. The molecule has 4 amide bonds. The Bertz CT molecular complexity index is 758. The summed E-state index contributed by atoms with van der Waals surface area (Å²) in [5.41, 5.74) is 10.7. The molecule has 0 aromatic heterocycles. The Balaban J connectivity index is 1.78. The van der Waals surface area contributed by atoms with Gasteiger partial charge in [0.05, 0.1) is 18.2 Å². The highest BCUT2D eigenvalue weighted by Gasteiger charge is 2.52. The summed E-state index contributed by atoms with van der Waals surface area (Å²) in [6, 6.07) is -2.59. The summed E-state index contributed by atoms with van der Waals surface area (Å²) in [6.45, 7) is 7.05. The molecule has 0 saturated carbocycles. The molecule has 3 saturated heterocycles. The zero-order chi connectivity index (χ0) is 23.7. The summed E-state index contributed by atoms with van der Waals surface area (Å²) in [6.07, 6.45) is 3.73. The lowest BCUT2D eigenvalue weighted by Gasteiger charge is -2.35. The third kappa shape index (κ3) is 5.23. The van der Waals surface area contributed by atoms with Gasteiger partial charge in [0.1, 0.15) is 12.1 Å². The topological polar surface area (TPSA) is 157 Å². The van der Waals surface area contributed by atoms with Gasteiger partial charge in [0.25, 0.3) is 0 Å². The van der Waals surface area contributed by atoms with Gasteiger partial charge in [-0.25, -0.2) is 0 Å². The van der Waals surface area contributed by atoms with Crippen LogP contribution in [0.15, 0.2) is 0 Å². The number of carbonyl (C=O) groups is 4. The number of likely N-dealkylation sites (tertiary alicyclic amines) is 1. The van der Waals surface area contributed by atoms with Gasteiger partial charge in [-0.3, -0.25) is 19.2 Å². The lowest BCUT2D eigenvalue weighted by Crippen LogP contribution is -2.57. The van der Waals surface area contributed by atoms with Crippen LogP contribution in [0.5, 0.6) is 0 Å². The summed E-state index contributed by atoms with van der Waals surface area (Å²) in [4.78, 5) is 52.1. The SMILES string of the molecule is CC(C)(C)[C@H](N)C(=O)N1CC2(CCCCO2)C[C@H]1C(=O)N[C@@H](C[C@@H]1CCNC1=O)C(N)=O. The van der Waals surface area contributed by atoms with E-state index in [9.17, 15) is 19.2 Å². The summed E-state index contributed by atoms with van der Waals surface area (Å²) in [7, 11) is 0. The van der Waals surface area contributed by atoms with Gasteiger partial charge in [0, 0.05) is 25.5 Å². The number of rotatable bonds is 6. The Morgan fingerprint density at radius 3 is 2.56 bits per heavy atom. The Morgan fingerprint density at radius 1 is 1.31 bits per heavy atom. The van der Waals surface area contributed by atoms with E-state index in [0.29, 0.717) is 32.5 Å². The maximum absolute atomic E-state index is 13.3. The molecular formula is C22H37N5O5. The Labute approximate surface area is 189 Å². The third-order valence-corrected chi connectivity index (χ3v) is 6.96. The average molecular weight is 452 g/mol. The smallest absolute Gasteiger partial charge is 0.243 e. The van der Waals surface area contributed by atoms with Gasteiger partial charge in [-0.15, -0.1) is 0 Å². The molecule has 3 aliphatic rings. The van der Waals surface area contributed by atoms with Crippen LogP contribution in [0.3, 0.4) is 0 Å². The van der Waals surface area contributed by atoms with Crippen molar-refractivity contribution >= 4 is 23.6 Å². The molecule has 0 aliphatic carbocycles. The highest BCUT2D eigenvalue weighted by Crippen LogP contribution is 2.38. The molecule has 0 radical (unpaired) electrons. The number of hydrogen-bond donors (Lipinski definition) is 4. The van der Waals surface area contributed by atoms with Crippen LogP contribution in [0.4, 0.5) is 0 Å². The van der Waals surface area contributed by atoms with Crippen molar-refractivity contribution < 1.29 is 23.9 Å². The van der Waals surface area contributed by atoms with Crippen molar-refractivity contribution in [1.29, 1.82) is 0 Å². The molecule has 32 heavy (non-hydrogen) atoms. The van der Waals surface area contributed by atoms with Gasteiger partial charge in [-0.05, 0) is 37.5 Å². The summed E-state index contributed by atoms with van der Waals surface area (Å²) < 4.78 is 6.07. The number of nitrogens with two attached hydrogens (primary N) is 2. The molecule has 10 nitrogen and oxygen atoms in total. The van der Waals surface area contributed by atoms with Crippen LogP contribution in [0.2, 0.25) is 0 Å². The monoisotopic (exact) mass is 451 g/mol. The van der Waals surface area contributed by atoms with Crippen LogP contribution >= 0.6 is 0 Å². The predicted octanol–water partition coefficient (Wildman–Crippen LogP) is -0.604. The minimum Gasteiger partial charge on any atom is -0.373 e. The zero-order valence-electron chi connectivity index (χ0n) is 19.3. The van der Waals surface area contributed by atoms with E-state index in [1.54, 1.807) is 0 Å². The van der Waals surface area contributed by atoms with Crippen LogP contribution in [-0.2, 0) is 23.9 Å². The van der Waals surface area contributed by atoms with E-state index in [4.69, 9.17) is 16.2 Å². The minimum atomic E-state index is -0.992. The quantitative estimate of drug-likeness (QED) is 0.422. The first-order valence-electron chi connectivity index (χ1n) is 11.5. The summed E-state index contributed by atoms with van der Waals surface area (Å²) in [5, 5.41) is 5.43. The van der Waals surface area contributed by atoms with Crippen molar-refractivity contribution in [3.05, 3.63) is 0 Å². The molecule has 5 atom stereocenters. The molecule has 6 N–H and O–H groups in total. The van der Waals surface area contributed by atoms with E-state index in [1.165, 1.54) is 4.90 Å². The Hall–Kier alpha value is -2.20. The van der Waals surface area contributed by atoms with Crippen LogP contribution in [0.1, 0.15) is 59.3 Å². The number of hydrogen-bond acceptors (Lipinski definition) is 6. The normalized spacial score (nSPS) is 30.1. The van der Waals surface area contributed by atoms with Gasteiger partial charge in [0.2, 0.25) is 23.6 Å². The second kappa shape index (κ2) is 9.35. The number of ether oxygens (including phenoxy) is 1. The molecule has 3 aliphatic heterocycles. The fourth-order valence-corrected chi connectivity index (χ4v) is 4.83. The van der Waals surface area contributed by atoms with Gasteiger partial charge in [-0.2, -0.15) is 0 Å². The van der Waals surface area contributed by atoms with E-state index in [0.717, 1.165) is 19.3 Å². The predicted molar refractivity (Wildman–Crippen MR) is 117 cm³/mol. The summed E-state index contributed by atoms with van der Waals surface area (Å²) >= 11 is 0. The minimum absolute atomic E-state index is 0.136. The van der Waals surface area contributed by atoms with Gasteiger partial charge in [0.15, 0.2) is 0 Å². The highest BCUT2D eigenvalue weighted by molar-refractivity contribution is 5.94. The van der Waals surface area contributed by atoms with Crippen molar-refractivity contribution in [3.8, 4) is 0 Å². The second-order valence-electron chi connectivity index (χ2n) is 10.5. The van der Waals surface area contributed by atoms with Crippen LogP contribution < -0.4 is 22.1 Å². The third-order valence-electron chi connectivity index (χ3n) is 6.96. The van der Waals surface area contributed by atoms with Crippen LogP contribution in [-0.4, -0.2) is 72.0 Å². The molecule has 0 aromatic carbocycles. The molecule has 180 valence electrons. The highest BCUT2D eigenvalue weighted by atomic mass is 16.5. The van der Waals surface area contributed by atoms with Crippen molar-refractivity contribution in [2.45, 2.75) is 83.0 Å². The summed E-state index contributed by atoms with van der Waals surface area (Å²) in [5.74, 6) is -2.00. The maximum atomic E-state index is 13.3. The van der Waals surface area contributed by atoms with Crippen molar-refractivity contribution in [2.24, 2.45) is 22.8 Å². The molecule has 1 spiro atoms. The molecule has 10 heteroatoms. The van der Waals surface area contributed by atoms with Gasteiger partial charge < -0.3 is 31.7 Å². The first-order chi connectivity index (χ1) is 14.9. The van der Waals surface area contributed by atoms with E-state index in [1.807, 2.05) is 20.8 Å². The molecule has 1 unspecified atom stereocenters. The Morgan fingerprint density at radius 2 is 2.03 bits per heavy atom. The molecule has 0 aromatic rings. The molecular weight excluding hydrogens is 414 g/mol. The maximum Gasteiger partial charge on any atom is 0.243 e. The first-order valence-corrected chi connectivity index (χ1v) is 11.5. The van der Waals surface area contributed by atoms with E-state index >= 15 is 0 Å². The van der Waals surface area contributed by atoms with Gasteiger partial charge >= 0.3 is 0 Å². The number of amides is 4. The zero-order valence-corrected chi connectivity index (χ0v) is 19.3. The van der Waals surface area contributed by atoms with Crippen LogP contribution in [0.25, 0.3) is 0 Å². The lowest BCUT2D eigenvalue weighted by atomic mass is 9.86. The number of nitrogens with one attached hydrogen (secondary N) is 2. The number of primary amides is 1. The standard InChI is InChI=1S/C22H37N5O5/c1-21(2,3)16(23)20(31)27-12-22(7-4-5-9-32-22)11-15(27)19(30)26-14(17(24)28)10-13-6-8-25-18(13)29/h13-16H,4-12,23H2,1-3H3,(H2,24,28)(H,25,29)(H,26,30)/t13-,14-,15-,16+,22?/m0/s1. The Kier molecular flexibility index (Phi) is 7.14. The number of nitrogens with zero attached hydrogens (tertiary/aromatic N) is 1. The fraction of sp³-hybridized carbons (Fsp3) is 0.818. The largest absolute Gasteiger partial charge is 0.373 e. The first kappa shape index (κ1) is 24.4. The van der Waals surface area contributed by atoms with E-state index in [-0.39, 0.29) is 24.2 Å². The van der Waals surface area contributed by atoms with Crippen molar-refractivity contribution in [3.63, 3.8) is 0 Å². The van der Waals surface area contributed by atoms with E-state index in [2.05, 4.69) is 10.6 Å². The average Bonchev–Trinajstić information content (AvgIpc) is 3.30. The number of carbonyl (C=O) groups excluding carboxylic acids is 4. The van der Waals surface area contributed by atoms with Crippen molar-refractivity contribution in [1.82, 2.24) is 15.5 Å². The molecule has 0 bridgehead atoms. The van der Waals surface area contributed by atoms with Crippen molar-refractivity contribution in [2.75, 3.05) is 19.7 Å².